The van der Waals surface area contributed by atoms with Crippen molar-refractivity contribution < 1.29 is 4.74 Å². The number of pyridine rings is 1. The van der Waals surface area contributed by atoms with Gasteiger partial charge in [0, 0.05) is 32.0 Å². The summed E-state index contributed by atoms with van der Waals surface area (Å²) in [6, 6.07) is 11.6. The molecule has 1 fully saturated rings. The van der Waals surface area contributed by atoms with Crippen molar-refractivity contribution in [2.24, 2.45) is 13.0 Å². The van der Waals surface area contributed by atoms with Crippen molar-refractivity contribution in [1.29, 1.82) is 0 Å². The SMILES string of the molecule is [C-]#[N+]c1ccc2c(n1)c(N1C[C@@H](C)C(Oc3cccc(C)c3)C[C@@H]1C)nc(=O)n2C. The normalized spacial score (nSPS) is 21.4. The highest BCUT2D eigenvalue weighted by Gasteiger charge is 2.35. The number of aromatic nitrogens is 3. The third-order valence-corrected chi connectivity index (χ3v) is 5.81. The number of anilines is 1. The minimum absolute atomic E-state index is 0.0719. The first-order chi connectivity index (χ1) is 14.4. The maximum Gasteiger partial charge on any atom is 0.350 e. The summed E-state index contributed by atoms with van der Waals surface area (Å²) < 4.78 is 7.77. The lowest BCUT2D eigenvalue weighted by Gasteiger charge is -2.42. The highest BCUT2D eigenvalue weighted by molar-refractivity contribution is 5.87. The van der Waals surface area contributed by atoms with Crippen molar-refractivity contribution in [2.75, 3.05) is 11.4 Å². The van der Waals surface area contributed by atoms with Crippen LogP contribution in [0.15, 0.2) is 41.2 Å². The van der Waals surface area contributed by atoms with Crippen molar-refractivity contribution in [3.63, 3.8) is 0 Å². The van der Waals surface area contributed by atoms with Crippen molar-refractivity contribution in [2.45, 2.75) is 39.3 Å². The second-order valence-corrected chi connectivity index (χ2v) is 8.11. The summed E-state index contributed by atoms with van der Waals surface area (Å²) >= 11 is 0. The van der Waals surface area contributed by atoms with E-state index in [1.807, 2.05) is 12.1 Å². The molecule has 0 radical (unpaired) electrons. The fourth-order valence-corrected chi connectivity index (χ4v) is 4.09. The largest absolute Gasteiger partial charge is 0.490 e. The molecule has 0 aliphatic carbocycles. The second-order valence-electron chi connectivity index (χ2n) is 8.11. The van der Waals surface area contributed by atoms with Gasteiger partial charge in [0.15, 0.2) is 5.82 Å². The summed E-state index contributed by atoms with van der Waals surface area (Å²) in [4.78, 5) is 26.9. The number of fused-ring (bicyclic) bond motifs is 1. The van der Waals surface area contributed by atoms with Gasteiger partial charge in [0.25, 0.3) is 5.82 Å². The average molecular weight is 403 g/mol. The molecule has 3 heterocycles. The Kier molecular flexibility index (Phi) is 5.17. The van der Waals surface area contributed by atoms with Crippen LogP contribution in [0.3, 0.4) is 0 Å². The van der Waals surface area contributed by atoms with E-state index in [0.717, 1.165) is 12.2 Å². The second kappa shape index (κ2) is 7.79. The molecule has 3 aromatic rings. The van der Waals surface area contributed by atoms with E-state index >= 15 is 0 Å². The topological polar surface area (TPSA) is 64.6 Å². The van der Waals surface area contributed by atoms with Crippen LogP contribution in [0, 0.1) is 19.4 Å². The van der Waals surface area contributed by atoms with Gasteiger partial charge < -0.3 is 14.5 Å². The highest BCUT2D eigenvalue weighted by atomic mass is 16.5. The molecule has 154 valence electrons. The predicted octanol–water partition coefficient (Wildman–Crippen LogP) is 3.87. The molecule has 4 rings (SSSR count). The van der Waals surface area contributed by atoms with Crippen LogP contribution < -0.4 is 15.3 Å². The van der Waals surface area contributed by atoms with Gasteiger partial charge in [-0.2, -0.15) is 4.98 Å². The molecule has 3 atom stereocenters. The molecule has 0 bridgehead atoms. The van der Waals surface area contributed by atoms with Crippen LogP contribution in [0.25, 0.3) is 15.9 Å². The summed E-state index contributed by atoms with van der Waals surface area (Å²) in [6.07, 6.45) is 0.873. The number of rotatable bonds is 3. The first-order valence-electron chi connectivity index (χ1n) is 10.1. The Labute approximate surface area is 175 Å². The third-order valence-electron chi connectivity index (χ3n) is 5.81. The fourth-order valence-electron chi connectivity index (χ4n) is 4.09. The molecule has 0 spiro atoms. The lowest BCUT2D eigenvalue weighted by atomic mass is 9.91. The van der Waals surface area contributed by atoms with Crippen molar-refractivity contribution in [3.05, 3.63) is 63.9 Å². The Hall–Kier alpha value is -3.40. The monoisotopic (exact) mass is 403 g/mol. The standard InChI is InChI=1S/C23H25N5O2/c1-14-7-6-8-17(11-14)30-19-12-16(3)28(13-15(19)2)22-21-18(27(5)23(29)26-22)9-10-20(24-4)25-21/h6-11,15-16,19H,12-13H2,1-3,5H3/t15-,16+,19?/m1/s1. The predicted molar refractivity (Wildman–Crippen MR) is 117 cm³/mol. The molecule has 1 aromatic carbocycles. The lowest BCUT2D eigenvalue weighted by Crippen LogP contribution is -2.50. The number of nitrogens with zero attached hydrogens (tertiary/aromatic N) is 5. The Morgan fingerprint density at radius 1 is 1.20 bits per heavy atom. The highest BCUT2D eigenvalue weighted by Crippen LogP contribution is 2.32. The van der Waals surface area contributed by atoms with Crippen LogP contribution >= 0.6 is 0 Å². The molecule has 1 aliphatic rings. The minimum Gasteiger partial charge on any atom is -0.490 e. The number of ether oxygens (including phenoxy) is 1. The zero-order valence-electron chi connectivity index (χ0n) is 17.7. The summed E-state index contributed by atoms with van der Waals surface area (Å²) in [7, 11) is 1.68. The van der Waals surface area contributed by atoms with E-state index in [1.54, 1.807) is 19.2 Å². The van der Waals surface area contributed by atoms with Crippen molar-refractivity contribution in [1.82, 2.24) is 14.5 Å². The Bertz CT molecular complexity index is 1200. The number of hydrogen-bond acceptors (Lipinski definition) is 5. The molecule has 1 aliphatic heterocycles. The summed E-state index contributed by atoms with van der Waals surface area (Å²) in [5, 5.41) is 0. The summed E-state index contributed by atoms with van der Waals surface area (Å²) in [5.74, 6) is 1.95. The molecule has 2 aromatic heterocycles. The fraction of sp³-hybridized carbons (Fsp3) is 0.391. The van der Waals surface area contributed by atoms with Gasteiger partial charge in [0.1, 0.15) is 11.9 Å². The van der Waals surface area contributed by atoms with E-state index in [-0.39, 0.29) is 23.8 Å². The van der Waals surface area contributed by atoms with E-state index in [1.165, 1.54) is 10.1 Å². The van der Waals surface area contributed by atoms with Crippen LogP contribution in [0.1, 0.15) is 25.8 Å². The maximum absolute atomic E-state index is 12.5. The van der Waals surface area contributed by atoms with Crippen LogP contribution in [0.5, 0.6) is 5.75 Å². The maximum atomic E-state index is 12.5. The number of piperidine rings is 1. The molecule has 0 saturated carbocycles. The molecule has 1 saturated heterocycles. The van der Waals surface area contributed by atoms with Gasteiger partial charge in [-0.3, -0.25) is 4.57 Å². The molecule has 7 nitrogen and oxygen atoms in total. The van der Waals surface area contributed by atoms with Gasteiger partial charge >= 0.3 is 5.69 Å². The molecular weight excluding hydrogens is 378 g/mol. The molecule has 30 heavy (non-hydrogen) atoms. The van der Waals surface area contributed by atoms with Gasteiger partial charge in [-0.05, 0) is 43.7 Å². The van der Waals surface area contributed by atoms with Gasteiger partial charge in [-0.25, -0.2) is 4.79 Å². The van der Waals surface area contributed by atoms with E-state index in [9.17, 15) is 4.79 Å². The van der Waals surface area contributed by atoms with Gasteiger partial charge in [-0.15, -0.1) is 4.98 Å². The molecular formula is C23H25N5O2. The summed E-state index contributed by atoms with van der Waals surface area (Å²) in [5.41, 5.74) is 2.11. The molecule has 0 amide bonds. The number of hydrogen-bond donors (Lipinski definition) is 0. The zero-order chi connectivity index (χ0) is 21.4. The van der Waals surface area contributed by atoms with Crippen LogP contribution in [0.2, 0.25) is 0 Å². The Balaban J connectivity index is 1.67. The van der Waals surface area contributed by atoms with Crippen molar-refractivity contribution in [3.8, 4) is 5.75 Å². The molecule has 7 heteroatoms. The number of benzene rings is 1. The van der Waals surface area contributed by atoms with Crippen LogP contribution in [-0.4, -0.2) is 33.2 Å². The van der Waals surface area contributed by atoms with Crippen molar-refractivity contribution >= 4 is 22.7 Å². The zero-order valence-corrected chi connectivity index (χ0v) is 17.7. The van der Waals surface area contributed by atoms with E-state index in [4.69, 9.17) is 11.3 Å². The first kappa shape index (κ1) is 19.9. The quantitative estimate of drug-likeness (QED) is 0.621. The summed E-state index contributed by atoms with van der Waals surface area (Å²) in [6.45, 7) is 14.3. The van der Waals surface area contributed by atoms with Gasteiger partial charge in [0.05, 0.1) is 5.52 Å². The van der Waals surface area contributed by atoms with Crippen LogP contribution in [0.4, 0.5) is 11.6 Å². The average Bonchev–Trinajstić information content (AvgIpc) is 2.73. The smallest absolute Gasteiger partial charge is 0.350 e. The first-order valence-corrected chi connectivity index (χ1v) is 10.1. The van der Waals surface area contributed by atoms with E-state index in [0.29, 0.717) is 29.2 Å². The Morgan fingerprint density at radius 3 is 2.73 bits per heavy atom. The van der Waals surface area contributed by atoms with Gasteiger partial charge in [0.2, 0.25) is 5.52 Å². The van der Waals surface area contributed by atoms with Crippen LogP contribution in [-0.2, 0) is 7.05 Å². The minimum atomic E-state index is -0.326. The third kappa shape index (κ3) is 3.61. The van der Waals surface area contributed by atoms with Gasteiger partial charge in [-0.1, -0.05) is 25.6 Å². The van der Waals surface area contributed by atoms with E-state index < -0.39 is 0 Å². The molecule has 1 unspecified atom stereocenters. The van der Waals surface area contributed by atoms with E-state index in [2.05, 4.69) is 52.6 Å². The molecule has 0 N–H and O–H groups in total. The lowest BCUT2D eigenvalue weighted by molar-refractivity contribution is 0.107. The number of aryl methyl sites for hydroxylation is 2. The Morgan fingerprint density at radius 2 is 2.00 bits per heavy atom.